The van der Waals surface area contributed by atoms with E-state index in [-0.39, 0.29) is 11.3 Å². The Bertz CT molecular complexity index is 1070. The number of halogens is 1. The number of furan rings is 1. The third-order valence-electron chi connectivity index (χ3n) is 4.02. The summed E-state index contributed by atoms with van der Waals surface area (Å²) < 4.78 is 16.4. The summed E-state index contributed by atoms with van der Waals surface area (Å²) in [6.45, 7) is 1.10. The van der Waals surface area contributed by atoms with Gasteiger partial charge in [0.15, 0.2) is 6.61 Å². The van der Waals surface area contributed by atoms with Crippen LogP contribution < -0.4 is 10.1 Å². The van der Waals surface area contributed by atoms with Crippen molar-refractivity contribution < 1.29 is 28.3 Å². The van der Waals surface area contributed by atoms with Crippen molar-refractivity contribution >= 4 is 44.7 Å². The Labute approximate surface area is 168 Å². The number of benzene rings is 2. The van der Waals surface area contributed by atoms with Crippen molar-refractivity contribution in [3.8, 4) is 5.75 Å². The molecule has 2 amide bonds. The van der Waals surface area contributed by atoms with Crippen LogP contribution in [0.2, 0.25) is 0 Å². The molecule has 0 radical (unpaired) electrons. The second-order valence-corrected chi connectivity index (χ2v) is 6.77. The number of esters is 1. The number of aryl methyl sites for hydroxylation is 1. The van der Waals surface area contributed by atoms with Gasteiger partial charge in [0.25, 0.3) is 11.8 Å². The maximum Gasteiger partial charge on any atom is 0.375 e. The SMILES string of the molecule is COc1ccccc1C(=O)NC(=O)COC(=O)c1oc2ccc(Br)cc2c1C. The van der Waals surface area contributed by atoms with Crippen molar-refractivity contribution in [3.63, 3.8) is 0 Å². The molecule has 2 aromatic carbocycles. The van der Waals surface area contributed by atoms with E-state index in [9.17, 15) is 14.4 Å². The summed E-state index contributed by atoms with van der Waals surface area (Å²) in [6, 6.07) is 11.8. The summed E-state index contributed by atoms with van der Waals surface area (Å²) >= 11 is 3.36. The highest BCUT2D eigenvalue weighted by Crippen LogP contribution is 2.28. The Balaban J connectivity index is 1.64. The molecule has 8 heteroatoms. The van der Waals surface area contributed by atoms with Crippen LogP contribution >= 0.6 is 15.9 Å². The standard InChI is InChI=1S/C20H16BrNO6/c1-11-14-9-12(21)7-8-16(14)28-18(11)20(25)27-10-17(23)22-19(24)13-5-3-4-6-15(13)26-2/h3-9H,10H2,1-2H3,(H,22,23,24). The van der Waals surface area contributed by atoms with Gasteiger partial charge in [0.1, 0.15) is 11.3 Å². The Morgan fingerprint density at radius 2 is 1.89 bits per heavy atom. The van der Waals surface area contributed by atoms with E-state index in [1.807, 2.05) is 6.07 Å². The van der Waals surface area contributed by atoms with E-state index < -0.39 is 24.4 Å². The number of nitrogens with one attached hydrogen (secondary N) is 1. The van der Waals surface area contributed by atoms with Crippen LogP contribution in [0, 0.1) is 6.92 Å². The Hall–Kier alpha value is -3.13. The topological polar surface area (TPSA) is 94.8 Å². The number of imide groups is 1. The van der Waals surface area contributed by atoms with Gasteiger partial charge in [-0.2, -0.15) is 0 Å². The smallest absolute Gasteiger partial charge is 0.375 e. The van der Waals surface area contributed by atoms with E-state index >= 15 is 0 Å². The summed E-state index contributed by atoms with van der Waals surface area (Å²) in [7, 11) is 1.42. The Morgan fingerprint density at radius 1 is 1.14 bits per heavy atom. The van der Waals surface area contributed by atoms with E-state index in [1.165, 1.54) is 13.2 Å². The van der Waals surface area contributed by atoms with E-state index in [1.54, 1.807) is 37.3 Å². The van der Waals surface area contributed by atoms with E-state index in [0.29, 0.717) is 16.9 Å². The fourth-order valence-electron chi connectivity index (χ4n) is 2.65. The molecular formula is C20H16BrNO6. The van der Waals surface area contributed by atoms with Crippen LogP contribution in [0.25, 0.3) is 11.0 Å². The van der Waals surface area contributed by atoms with Crippen LogP contribution in [0.1, 0.15) is 26.5 Å². The maximum atomic E-state index is 12.3. The minimum atomic E-state index is -0.787. The normalized spacial score (nSPS) is 10.5. The van der Waals surface area contributed by atoms with Crippen molar-refractivity contribution in [1.82, 2.24) is 5.32 Å². The largest absolute Gasteiger partial charge is 0.496 e. The molecule has 7 nitrogen and oxygen atoms in total. The number of amides is 2. The highest BCUT2D eigenvalue weighted by Gasteiger charge is 2.21. The molecule has 0 atom stereocenters. The third kappa shape index (κ3) is 4.07. The summed E-state index contributed by atoms with van der Waals surface area (Å²) in [5.74, 6) is -1.86. The zero-order valence-electron chi connectivity index (χ0n) is 15.1. The second kappa shape index (κ2) is 8.26. The molecule has 0 aliphatic rings. The molecule has 0 aliphatic carbocycles. The first kappa shape index (κ1) is 19.6. The predicted octanol–water partition coefficient (Wildman–Crippen LogP) is 3.63. The molecule has 28 heavy (non-hydrogen) atoms. The Morgan fingerprint density at radius 3 is 2.64 bits per heavy atom. The van der Waals surface area contributed by atoms with Crippen molar-refractivity contribution in [2.75, 3.05) is 13.7 Å². The highest BCUT2D eigenvalue weighted by atomic mass is 79.9. The molecule has 0 aliphatic heterocycles. The zero-order valence-corrected chi connectivity index (χ0v) is 16.7. The molecule has 0 fully saturated rings. The summed E-state index contributed by atoms with van der Waals surface area (Å²) in [5.41, 5.74) is 1.33. The van der Waals surface area contributed by atoms with Gasteiger partial charge in [-0.3, -0.25) is 14.9 Å². The van der Waals surface area contributed by atoms with E-state index in [0.717, 1.165) is 9.86 Å². The molecule has 1 N–H and O–H groups in total. The molecule has 144 valence electrons. The predicted molar refractivity (Wildman–Crippen MR) is 104 cm³/mol. The fraction of sp³-hybridized carbons (Fsp3) is 0.150. The number of hydrogen-bond acceptors (Lipinski definition) is 6. The Kier molecular flexibility index (Phi) is 5.79. The van der Waals surface area contributed by atoms with Gasteiger partial charge in [-0.15, -0.1) is 0 Å². The highest BCUT2D eigenvalue weighted by molar-refractivity contribution is 9.10. The number of fused-ring (bicyclic) bond motifs is 1. The first-order valence-corrected chi connectivity index (χ1v) is 9.03. The molecular weight excluding hydrogens is 430 g/mol. The lowest BCUT2D eigenvalue weighted by Crippen LogP contribution is -2.34. The van der Waals surface area contributed by atoms with Gasteiger partial charge < -0.3 is 13.9 Å². The van der Waals surface area contributed by atoms with Gasteiger partial charge in [-0.25, -0.2) is 4.79 Å². The number of carbonyl (C=O) groups excluding carboxylic acids is 3. The van der Waals surface area contributed by atoms with E-state index in [2.05, 4.69) is 21.2 Å². The minimum absolute atomic E-state index is 0.0111. The molecule has 0 bridgehead atoms. The second-order valence-electron chi connectivity index (χ2n) is 5.85. The van der Waals surface area contributed by atoms with Gasteiger partial charge in [0, 0.05) is 15.4 Å². The monoisotopic (exact) mass is 445 g/mol. The average Bonchev–Trinajstić information content (AvgIpc) is 3.02. The summed E-state index contributed by atoms with van der Waals surface area (Å²) in [6.07, 6.45) is 0. The number of rotatable bonds is 5. The van der Waals surface area contributed by atoms with Crippen molar-refractivity contribution in [2.24, 2.45) is 0 Å². The molecule has 0 unspecified atom stereocenters. The molecule has 0 saturated carbocycles. The maximum absolute atomic E-state index is 12.3. The van der Waals surface area contributed by atoms with Gasteiger partial charge >= 0.3 is 5.97 Å². The lowest BCUT2D eigenvalue weighted by Gasteiger charge is -2.08. The molecule has 0 saturated heterocycles. The van der Waals surface area contributed by atoms with Crippen LogP contribution in [0.3, 0.4) is 0 Å². The first-order chi connectivity index (χ1) is 13.4. The first-order valence-electron chi connectivity index (χ1n) is 8.23. The van der Waals surface area contributed by atoms with Gasteiger partial charge in [-0.1, -0.05) is 28.1 Å². The summed E-state index contributed by atoms with van der Waals surface area (Å²) in [5, 5.41) is 2.92. The number of hydrogen-bond donors (Lipinski definition) is 1. The zero-order chi connectivity index (χ0) is 20.3. The average molecular weight is 446 g/mol. The quantitative estimate of drug-likeness (QED) is 0.602. The van der Waals surface area contributed by atoms with Crippen LogP contribution in [0.5, 0.6) is 5.75 Å². The third-order valence-corrected chi connectivity index (χ3v) is 4.52. The van der Waals surface area contributed by atoms with Crippen LogP contribution in [-0.4, -0.2) is 31.5 Å². The van der Waals surface area contributed by atoms with Gasteiger partial charge in [-0.05, 0) is 37.3 Å². The molecule has 1 heterocycles. The molecule has 1 aromatic heterocycles. The number of para-hydroxylation sites is 1. The fourth-order valence-corrected chi connectivity index (χ4v) is 3.01. The van der Waals surface area contributed by atoms with E-state index in [4.69, 9.17) is 13.9 Å². The molecule has 0 spiro atoms. The number of carbonyl (C=O) groups is 3. The molecule has 3 rings (SSSR count). The van der Waals surface area contributed by atoms with Crippen LogP contribution in [0.4, 0.5) is 0 Å². The molecule has 3 aromatic rings. The van der Waals surface area contributed by atoms with Crippen molar-refractivity contribution in [3.05, 3.63) is 63.8 Å². The minimum Gasteiger partial charge on any atom is -0.496 e. The van der Waals surface area contributed by atoms with Crippen LogP contribution in [-0.2, 0) is 9.53 Å². The lowest BCUT2D eigenvalue weighted by atomic mass is 10.1. The van der Waals surface area contributed by atoms with Crippen LogP contribution in [0.15, 0.2) is 51.4 Å². The summed E-state index contributed by atoms with van der Waals surface area (Å²) in [4.78, 5) is 36.4. The van der Waals surface area contributed by atoms with Gasteiger partial charge in [0.2, 0.25) is 5.76 Å². The lowest BCUT2D eigenvalue weighted by molar-refractivity contribution is -0.123. The number of methoxy groups -OCH3 is 1. The van der Waals surface area contributed by atoms with Crippen molar-refractivity contribution in [1.29, 1.82) is 0 Å². The number of ether oxygens (including phenoxy) is 2. The van der Waals surface area contributed by atoms with Gasteiger partial charge in [0.05, 0.1) is 12.7 Å². The van der Waals surface area contributed by atoms with Crippen molar-refractivity contribution in [2.45, 2.75) is 6.92 Å².